The maximum Gasteiger partial charge on any atom is 0.0103 e. The van der Waals surface area contributed by atoms with E-state index in [1.165, 1.54) is 64.2 Å². The van der Waals surface area contributed by atoms with Gasteiger partial charge in [-0.2, -0.15) is 0 Å². The fourth-order valence-corrected chi connectivity index (χ4v) is 4.32. The Morgan fingerprint density at radius 3 is 2.11 bits per heavy atom. The fraction of sp³-hybridized carbons (Fsp3) is 1.00. The molecule has 2 aliphatic carbocycles. The molecule has 1 heteroatoms. The third-order valence-corrected chi connectivity index (χ3v) is 5.58. The molecule has 3 atom stereocenters. The van der Waals surface area contributed by atoms with Crippen LogP contribution in [-0.2, 0) is 0 Å². The van der Waals surface area contributed by atoms with Crippen LogP contribution in [-0.4, -0.2) is 12.1 Å². The average Bonchev–Trinajstić information content (AvgIpc) is 2.32. The van der Waals surface area contributed by atoms with Crippen LogP contribution in [0.15, 0.2) is 0 Å². The van der Waals surface area contributed by atoms with E-state index in [4.69, 9.17) is 0 Å². The van der Waals surface area contributed by atoms with Crippen molar-refractivity contribution in [3.8, 4) is 0 Å². The maximum atomic E-state index is 4.09. The second-order valence-electron chi connectivity index (χ2n) is 7.64. The standard InChI is InChI=1S/C18H35N/c1-14(2)17-12-11-15(3)13-18(17)19-16-9-7-5-4-6-8-10-16/h14-19H,4-13H2,1-3H3. The molecule has 0 aromatic rings. The Hall–Kier alpha value is -0.0400. The fourth-order valence-electron chi connectivity index (χ4n) is 4.32. The van der Waals surface area contributed by atoms with Gasteiger partial charge >= 0.3 is 0 Å². The normalized spacial score (nSPS) is 35.1. The Balaban J connectivity index is 1.89. The zero-order chi connectivity index (χ0) is 13.7. The summed E-state index contributed by atoms with van der Waals surface area (Å²) in [7, 11) is 0. The van der Waals surface area contributed by atoms with Crippen LogP contribution in [0.1, 0.15) is 85.0 Å². The smallest absolute Gasteiger partial charge is 0.0103 e. The van der Waals surface area contributed by atoms with Gasteiger partial charge in [0.15, 0.2) is 0 Å². The largest absolute Gasteiger partial charge is 0.311 e. The topological polar surface area (TPSA) is 12.0 Å². The molecule has 112 valence electrons. The Morgan fingerprint density at radius 1 is 0.842 bits per heavy atom. The minimum Gasteiger partial charge on any atom is -0.311 e. The predicted octanol–water partition coefficient (Wildman–Crippen LogP) is 5.15. The highest BCUT2D eigenvalue weighted by Crippen LogP contribution is 2.34. The van der Waals surface area contributed by atoms with Crippen molar-refractivity contribution in [2.45, 2.75) is 97.1 Å². The van der Waals surface area contributed by atoms with Crippen molar-refractivity contribution in [1.29, 1.82) is 0 Å². The Labute approximate surface area is 120 Å². The van der Waals surface area contributed by atoms with E-state index in [0.29, 0.717) is 0 Å². The van der Waals surface area contributed by atoms with E-state index in [-0.39, 0.29) is 0 Å². The van der Waals surface area contributed by atoms with Crippen molar-refractivity contribution in [1.82, 2.24) is 5.32 Å². The molecular formula is C18H35N. The lowest BCUT2D eigenvalue weighted by atomic mass is 9.73. The molecule has 0 aromatic heterocycles. The predicted molar refractivity (Wildman–Crippen MR) is 84.4 cm³/mol. The van der Waals surface area contributed by atoms with Gasteiger partial charge in [0.1, 0.15) is 0 Å². The van der Waals surface area contributed by atoms with Crippen molar-refractivity contribution in [2.24, 2.45) is 17.8 Å². The molecule has 19 heavy (non-hydrogen) atoms. The zero-order valence-corrected chi connectivity index (χ0v) is 13.5. The second-order valence-corrected chi connectivity index (χ2v) is 7.64. The molecule has 0 saturated heterocycles. The Kier molecular flexibility index (Phi) is 6.19. The molecule has 2 rings (SSSR count). The van der Waals surface area contributed by atoms with Gasteiger partial charge in [0, 0.05) is 12.1 Å². The first-order valence-electron chi connectivity index (χ1n) is 8.93. The average molecular weight is 265 g/mol. The molecule has 0 aliphatic heterocycles. The minimum atomic E-state index is 0.799. The lowest BCUT2D eigenvalue weighted by Crippen LogP contribution is -2.47. The lowest BCUT2D eigenvalue weighted by molar-refractivity contribution is 0.153. The lowest BCUT2D eigenvalue weighted by Gasteiger charge is -2.40. The summed E-state index contributed by atoms with van der Waals surface area (Å²) in [4.78, 5) is 0. The van der Waals surface area contributed by atoms with Gasteiger partial charge in [-0.1, -0.05) is 59.3 Å². The van der Waals surface area contributed by atoms with Gasteiger partial charge in [0.05, 0.1) is 0 Å². The van der Waals surface area contributed by atoms with E-state index in [1.807, 2.05) is 0 Å². The van der Waals surface area contributed by atoms with Gasteiger partial charge in [-0.25, -0.2) is 0 Å². The molecule has 1 N–H and O–H groups in total. The van der Waals surface area contributed by atoms with Crippen molar-refractivity contribution >= 4 is 0 Å². The van der Waals surface area contributed by atoms with Crippen molar-refractivity contribution in [3.63, 3.8) is 0 Å². The third kappa shape index (κ3) is 4.77. The van der Waals surface area contributed by atoms with E-state index in [1.54, 1.807) is 0 Å². The molecule has 0 amide bonds. The maximum absolute atomic E-state index is 4.09. The molecule has 2 aliphatic rings. The minimum absolute atomic E-state index is 0.799. The first kappa shape index (κ1) is 15.4. The van der Waals surface area contributed by atoms with Gasteiger partial charge < -0.3 is 5.32 Å². The van der Waals surface area contributed by atoms with Gasteiger partial charge in [0.25, 0.3) is 0 Å². The number of rotatable bonds is 3. The summed E-state index contributed by atoms with van der Waals surface area (Å²) in [6, 6.07) is 1.62. The monoisotopic (exact) mass is 265 g/mol. The van der Waals surface area contributed by atoms with E-state index in [0.717, 1.165) is 29.8 Å². The summed E-state index contributed by atoms with van der Waals surface area (Å²) in [6.45, 7) is 7.30. The van der Waals surface area contributed by atoms with E-state index in [2.05, 4.69) is 26.1 Å². The quantitative estimate of drug-likeness (QED) is 0.744. The van der Waals surface area contributed by atoms with Crippen LogP contribution in [0, 0.1) is 17.8 Å². The van der Waals surface area contributed by atoms with Gasteiger partial charge in [-0.3, -0.25) is 0 Å². The van der Waals surface area contributed by atoms with Crippen LogP contribution in [0.3, 0.4) is 0 Å². The van der Waals surface area contributed by atoms with Crippen LogP contribution in [0.4, 0.5) is 0 Å². The molecule has 0 aromatic carbocycles. The van der Waals surface area contributed by atoms with Gasteiger partial charge in [-0.05, 0) is 43.4 Å². The van der Waals surface area contributed by atoms with Crippen LogP contribution in [0.25, 0.3) is 0 Å². The molecule has 0 bridgehead atoms. The van der Waals surface area contributed by atoms with Gasteiger partial charge in [0.2, 0.25) is 0 Å². The second kappa shape index (κ2) is 7.67. The molecular weight excluding hydrogens is 230 g/mol. The molecule has 1 nitrogen and oxygen atoms in total. The first-order chi connectivity index (χ1) is 9.16. The van der Waals surface area contributed by atoms with Gasteiger partial charge in [-0.15, -0.1) is 0 Å². The number of nitrogens with one attached hydrogen (secondary N) is 1. The molecule has 2 saturated carbocycles. The summed E-state index contributed by atoms with van der Waals surface area (Å²) < 4.78 is 0. The van der Waals surface area contributed by atoms with Crippen molar-refractivity contribution in [2.75, 3.05) is 0 Å². The molecule has 0 spiro atoms. The summed E-state index contributed by atoms with van der Waals surface area (Å²) >= 11 is 0. The highest BCUT2D eigenvalue weighted by Gasteiger charge is 2.31. The van der Waals surface area contributed by atoms with Crippen LogP contribution in [0.5, 0.6) is 0 Å². The molecule has 0 radical (unpaired) electrons. The third-order valence-electron chi connectivity index (χ3n) is 5.58. The highest BCUT2D eigenvalue weighted by molar-refractivity contribution is 4.88. The van der Waals surface area contributed by atoms with E-state index >= 15 is 0 Å². The van der Waals surface area contributed by atoms with Crippen LogP contribution >= 0.6 is 0 Å². The summed E-state index contributed by atoms with van der Waals surface area (Å²) in [5, 5.41) is 4.09. The Morgan fingerprint density at radius 2 is 1.47 bits per heavy atom. The van der Waals surface area contributed by atoms with Crippen molar-refractivity contribution < 1.29 is 0 Å². The van der Waals surface area contributed by atoms with E-state index in [9.17, 15) is 0 Å². The SMILES string of the molecule is CC1CCC(C(C)C)C(NC2CCCCCCC2)C1. The number of hydrogen-bond acceptors (Lipinski definition) is 1. The Bertz CT molecular complexity index is 240. The van der Waals surface area contributed by atoms with E-state index < -0.39 is 0 Å². The highest BCUT2D eigenvalue weighted by atomic mass is 15.0. The summed E-state index contributed by atoms with van der Waals surface area (Å²) in [5.74, 6) is 2.70. The first-order valence-corrected chi connectivity index (χ1v) is 8.93. The van der Waals surface area contributed by atoms with Crippen LogP contribution < -0.4 is 5.32 Å². The van der Waals surface area contributed by atoms with Crippen molar-refractivity contribution in [3.05, 3.63) is 0 Å². The molecule has 2 fully saturated rings. The summed E-state index contributed by atoms with van der Waals surface area (Å²) in [5.41, 5.74) is 0. The zero-order valence-electron chi connectivity index (χ0n) is 13.5. The number of hydrogen-bond donors (Lipinski definition) is 1. The molecule has 3 unspecified atom stereocenters. The molecule has 0 heterocycles. The summed E-state index contributed by atoms with van der Waals surface area (Å²) in [6.07, 6.45) is 14.5. The van der Waals surface area contributed by atoms with Crippen LogP contribution in [0.2, 0.25) is 0 Å².